The normalized spacial score (nSPS) is 10.2. The maximum absolute atomic E-state index is 12.6. The van der Waals surface area contributed by atoms with Crippen LogP contribution in [0.3, 0.4) is 0 Å². The van der Waals surface area contributed by atoms with Gasteiger partial charge >= 0.3 is 0 Å². The molecular weight excluding hydrogens is 366 g/mol. The molecule has 1 amide bonds. The summed E-state index contributed by atoms with van der Waals surface area (Å²) in [5.74, 6) is 0.322. The van der Waals surface area contributed by atoms with Gasteiger partial charge in [-0.1, -0.05) is 34.1 Å². The van der Waals surface area contributed by atoms with Crippen LogP contribution < -0.4 is 10.6 Å². The zero-order valence-corrected chi connectivity index (χ0v) is 14.7. The van der Waals surface area contributed by atoms with Gasteiger partial charge in [0.1, 0.15) is 5.82 Å². The number of hydrogen-bond acceptors (Lipinski definition) is 3. The fourth-order valence-corrected chi connectivity index (χ4v) is 2.53. The molecule has 3 rings (SSSR count). The lowest BCUT2D eigenvalue weighted by Gasteiger charge is -2.12. The first kappa shape index (κ1) is 16.2. The molecule has 0 fully saturated rings. The van der Waals surface area contributed by atoms with Gasteiger partial charge in [0.25, 0.3) is 5.91 Å². The van der Waals surface area contributed by atoms with E-state index in [9.17, 15) is 4.79 Å². The number of nitrogens with zero attached hydrogens (tertiary/aromatic N) is 1. The molecule has 0 aliphatic carbocycles. The summed E-state index contributed by atoms with van der Waals surface area (Å²) in [6.07, 6.45) is 1.66. The Hall–Kier alpha value is -2.66. The SMILES string of the molecule is Cc1ccccc1NC(=O)c1cccnc1Nc1ccc(Br)cc1. The third-order valence-corrected chi connectivity index (χ3v) is 4.08. The topological polar surface area (TPSA) is 54.0 Å². The average Bonchev–Trinajstić information content (AvgIpc) is 2.59. The highest BCUT2D eigenvalue weighted by Gasteiger charge is 2.13. The molecule has 1 heterocycles. The van der Waals surface area contributed by atoms with Crippen molar-refractivity contribution in [2.24, 2.45) is 0 Å². The first-order chi connectivity index (χ1) is 11.6. The lowest BCUT2D eigenvalue weighted by Crippen LogP contribution is -2.15. The van der Waals surface area contributed by atoms with Crippen molar-refractivity contribution < 1.29 is 4.79 Å². The van der Waals surface area contributed by atoms with E-state index in [0.717, 1.165) is 21.4 Å². The molecular formula is C19H16BrN3O. The second-order valence-corrected chi connectivity index (χ2v) is 6.22. The van der Waals surface area contributed by atoms with Crippen molar-refractivity contribution in [2.45, 2.75) is 6.92 Å². The number of amides is 1. The molecule has 0 aliphatic rings. The number of carbonyl (C=O) groups excluding carboxylic acids is 1. The number of hydrogen-bond donors (Lipinski definition) is 2. The number of aromatic nitrogens is 1. The number of benzene rings is 2. The summed E-state index contributed by atoms with van der Waals surface area (Å²) in [4.78, 5) is 16.9. The predicted molar refractivity (Wildman–Crippen MR) is 101 cm³/mol. The quantitative estimate of drug-likeness (QED) is 0.656. The highest BCUT2D eigenvalue weighted by atomic mass is 79.9. The molecule has 0 saturated carbocycles. The van der Waals surface area contributed by atoms with E-state index in [-0.39, 0.29) is 5.91 Å². The van der Waals surface area contributed by atoms with Crippen LogP contribution in [-0.2, 0) is 0 Å². The minimum atomic E-state index is -0.197. The van der Waals surface area contributed by atoms with Crippen LogP contribution in [0, 0.1) is 6.92 Å². The molecule has 24 heavy (non-hydrogen) atoms. The minimum Gasteiger partial charge on any atom is -0.340 e. The second-order valence-electron chi connectivity index (χ2n) is 5.30. The molecule has 0 atom stereocenters. The highest BCUT2D eigenvalue weighted by Crippen LogP contribution is 2.22. The molecule has 0 bridgehead atoms. The van der Waals surface area contributed by atoms with Crippen LogP contribution in [0.1, 0.15) is 15.9 Å². The first-order valence-electron chi connectivity index (χ1n) is 7.48. The van der Waals surface area contributed by atoms with Crippen LogP contribution in [0.25, 0.3) is 0 Å². The zero-order valence-electron chi connectivity index (χ0n) is 13.1. The average molecular weight is 382 g/mol. The number of para-hydroxylation sites is 1. The van der Waals surface area contributed by atoms with E-state index >= 15 is 0 Å². The van der Waals surface area contributed by atoms with Gasteiger partial charge in [0.2, 0.25) is 0 Å². The van der Waals surface area contributed by atoms with Crippen molar-refractivity contribution in [1.29, 1.82) is 0 Å². The lowest BCUT2D eigenvalue weighted by atomic mass is 10.1. The zero-order chi connectivity index (χ0) is 16.9. The van der Waals surface area contributed by atoms with Gasteiger partial charge in [-0.15, -0.1) is 0 Å². The van der Waals surface area contributed by atoms with Crippen molar-refractivity contribution in [2.75, 3.05) is 10.6 Å². The predicted octanol–water partition coefficient (Wildman–Crippen LogP) is 5.15. The summed E-state index contributed by atoms with van der Waals surface area (Å²) in [5.41, 5.74) is 3.16. The number of halogens is 1. The molecule has 1 aromatic heterocycles. The maximum atomic E-state index is 12.6. The third-order valence-electron chi connectivity index (χ3n) is 3.55. The highest BCUT2D eigenvalue weighted by molar-refractivity contribution is 9.10. The number of carbonyl (C=O) groups is 1. The Morgan fingerprint density at radius 3 is 2.50 bits per heavy atom. The Bertz CT molecular complexity index is 862. The Kier molecular flexibility index (Phi) is 4.91. The molecule has 0 saturated heterocycles. The van der Waals surface area contributed by atoms with Crippen LogP contribution in [-0.4, -0.2) is 10.9 Å². The number of pyridine rings is 1. The van der Waals surface area contributed by atoms with Gasteiger partial charge in [-0.05, 0) is 55.0 Å². The van der Waals surface area contributed by atoms with Crippen molar-refractivity contribution >= 4 is 39.0 Å². The first-order valence-corrected chi connectivity index (χ1v) is 8.27. The molecule has 0 spiro atoms. The van der Waals surface area contributed by atoms with E-state index in [2.05, 4.69) is 31.5 Å². The van der Waals surface area contributed by atoms with Crippen LogP contribution >= 0.6 is 15.9 Å². The van der Waals surface area contributed by atoms with Gasteiger partial charge in [0, 0.05) is 22.0 Å². The summed E-state index contributed by atoms with van der Waals surface area (Å²) in [5, 5.41) is 6.12. The Morgan fingerprint density at radius 1 is 1.00 bits per heavy atom. The van der Waals surface area contributed by atoms with Gasteiger partial charge in [-0.3, -0.25) is 4.79 Å². The molecule has 4 nitrogen and oxygen atoms in total. The summed E-state index contributed by atoms with van der Waals surface area (Å²) in [6.45, 7) is 1.96. The van der Waals surface area contributed by atoms with Crippen LogP contribution in [0.4, 0.5) is 17.2 Å². The lowest BCUT2D eigenvalue weighted by molar-refractivity contribution is 0.102. The van der Waals surface area contributed by atoms with Crippen LogP contribution in [0.2, 0.25) is 0 Å². The van der Waals surface area contributed by atoms with Crippen molar-refractivity contribution in [3.05, 3.63) is 82.5 Å². The van der Waals surface area contributed by atoms with Gasteiger partial charge < -0.3 is 10.6 Å². The molecule has 3 aromatic rings. The Morgan fingerprint density at radius 2 is 1.75 bits per heavy atom. The van der Waals surface area contributed by atoms with E-state index in [1.165, 1.54) is 0 Å². The Balaban J connectivity index is 1.84. The number of nitrogens with one attached hydrogen (secondary N) is 2. The van der Waals surface area contributed by atoms with E-state index in [4.69, 9.17) is 0 Å². The van der Waals surface area contributed by atoms with Crippen molar-refractivity contribution in [1.82, 2.24) is 4.98 Å². The van der Waals surface area contributed by atoms with Gasteiger partial charge in [-0.2, -0.15) is 0 Å². The largest absolute Gasteiger partial charge is 0.340 e. The summed E-state index contributed by atoms with van der Waals surface area (Å²) < 4.78 is 0.992. The summed E-state index contributed by atoms with van der Waals surface area (Å²) in [6, 6.07) is 18.9. The Labute approximate surface area is 149 Å². The number of aryl methyl sites for hydroxylation is 1. The molecule has 2 aromatic carbocycles. The van der Waals surface area contributed by atoms with Gasteiger partial charge in [0.15, 0.2) is 0 Å². The fourth-order valence-electron chi connectivity index (χ4n) is 2.26. The minimum absolute atomic E-state index is 0.197. The van der Waals surface area contributed by atoms with E-state index < -0.39 is 0 Å². The molecule has 0 radical (unpaired) electrons. The number of rotatable bonds is 4. The van der Waals surface area contributed by atoms with E-state index in [0.29, 0.717) is 11.4 Å². The standard InChI is InChI=1S/C19H16BrN3O/c1-13-5-2-3-7-17(13)23-19(24)16-6-4-12-21-18(16)22-15-10-8-14(20)9-11-15/h2-12H,1H3,(H,21,22)(H,23,24). The van der Waals surface area contributed by atoms with Crippen molar-refractivity contribution in [3.63, 3.8) is 0 Å². The molecule has 0 unspecified atom stereocenters. The van der Waals surface area contributed by atoms with Crippen LogP contribution in [0.5, 0.6) is 0 Å². The van der Waals surface area contributed by atoms with Gasteiger partial charge in [-0.25, -0.2) is 4.98 Å². The monoisotopic (exact) mass is 381 g/mol. The third kappa shape index (κ3) is 3.81. The summed E-state index contributed by atoms with van der Waals surface area (Å²) >= 11 is 3.40. The van der Waals surface area contributed by atoms with Gasteiger partial charge in [0.05, 0.1) is 5.56 Å². The number of anilines is 3. The van der Waals surface area contributed by atoms with Crippen molar-refractivity contribution in [3.8, 4) is 0 Å². The van der Waals surface area contributed by atoms with E-state index in [1.54, 1.807) is 18.3 Å². The van der Waals surface area contributed by atoms with E-state index in [1.807, 2.05) is 55.5 Å². The summed E-state index contributed by atoms with van der Waals surface area (Å²) in [7, 11) is 0. The molecule has 120 valence electrons. The fraction of sp³-hybridized carbons (Fsp3) is 0.0526. The van der Waals surface area contributed by atoms with Crippen LogP contribution in [0.15, 0.2) is 71.3 Å². The molecule has 5 heteroatoms. The molecule has 2 N–H and O–H groups in total. The smallest absolute Gasteiger partial charge is 0.259 e. The molecule has 0 aliphatic heterocycles. The second kappa shape index (κ2) is 7.27. The maximum Gasteiger partial charge on any atom is 0.259 e.